The van der Waals surface area contributed by atoms with E-state index in [1.807, 2.05) is 19.2 Å². The lowest BCUT2D eigenvalue weighted by Gasteiger charge is -2.16. The fourth-order valence-corrected chi connectivity index (χ4v) is 1.71. The highest BCUT2D eigenvalue weighted by Gasteiger charge is 2.10. The van der Waals surface area contributed by atoms with Crippen LogP contribution >= 0.6 is 0 Å². The number of terminal acetylenes is 1. The molecule has 16 heavy (non-hydrogen) atoms. The van der Waals surface area contributed by atoms with Crippen LogP contribution in [0.25, 0.3) is 0 Å². The molecule has 0 saturated heterocycles. The first-order chi connectivity index (χ1) is 7.69. The first-order valence-corrected chi connectivity index (χ1v) is 5.55. The Morgan fingerprint density at radius 1 is 1.50 bits per heavy atom. The molecule has 1 N–H and O–H groups in total. The van der Waals surface area contributed by atoms with Gasteiger partial charge in [0.25, 0.3) is 0 Å². The van der Waals surface area contributed by atoms with Crippen LogP contribution in [0.1, 0.15) is 36.4 Å². The van der Waals surface area contributed by atoms with Crippen LogP contribution < -0.4 is 5.32 Å². The number of hydrogen-bond donors (Lipinski definition) is 1. The molecule has 86 valence electrons. The molecule has 0 bridgehead atoms. The molecule has 0 fully saturated rings. The number of hydrogen-bond acceptors (Lipinski definition) is 1. The summed E-state index contributed by atoms with van der Waals surface area (Å²) in [6, 6.07) is 5.57. The summed E-state index contributed by atoms with van der Waals surface area (Å²) >= 11 is 0. The maximum atomic E-state index is 13.4. The minimum atomic E-state index is -0.144. The Bertz CT molecular complexity index is 379. The van der Waals surface area contributed by atoms with Crippen molar-refractivity contribution < 1.29 is 4.39 Å². The molecular weight excluding hydrogens is 201 g/mol. The zero-order valence-corrected chi connectivity index (χ0v) is 9.89. The molecule has 2 heteroatoms. The maximum absolute atomic E-state index is 13.4. The molecule has 0 amide bonds. The van der Waals surface area contributed by atoms with Crippen LogP contribution in [0.5, 0.6) is 0 Å². The van der Waals surface area contributed by atoms with E-state index in [4.69, 9.17) is 6.42 Å². The van der Waals surface area contributed by atoms with Gasteiger partial charge in [0.15, 0.2) is 0 Å². The molecule has 1 rings (SSSR count). The Morgan fingerprint density at radius 2 is 2.25 bits per heavy atom. The van der Waals surface area contributed by atoms with Gasteiger partial charge in [0.1, 0.15) is 5.82 Å². The molecule has 1 aromatic rings. The van der Waals surface area contributed by atoms with Crippen molar-refractivity contribution in [2.24, 2.45) is 0 Å². The lowest BCUT2D eigenvalue weighted by molar-refractivity contribution is 0.526. The SMILES string of the molecule is C#CCCCC(NC)c1ccc(C)c(F)c1. The van der Waals surface area contributed by atoms with E-state index in [2.05, 4.69) is 11.2 Å². The van der Waals surface area contributed by atoms with E-state index in [0.717, 1.165) is 24.8 Å². The lowest BCUT2D eigenvalue weighted by atomic mass is 10.00. The zero-order chi connectivity index (χ0) is 12.0. The molecule has 0 spiro atoms. The number of benzene rings is 1. The topological polar surface area (TPSA) is 12.0 Å². The minimum Gasteiger partial charge on any atom is -0.313 e. The van der Waals surface area contributed by atoms with Gasteiger partial charge in [0.2, 0.25) is 0 Å². The molecule has 0 saturated carbocycles. The van der Waals surface area contributed by atoms with Crippen LogP contribution in [0, 0.1) is 25.1 Å². The largest absolute Gasteiger partial charge is 0.313 e. The quantitative estimate of drug-likeness (QED) is 0.592. The molecule has 0 aliphatic heterocycles. The molecule has 0 heterocycles. The summed E-state index contributed by atoms with van der Waals surface area (Å²) in [4.78, 5) is 0. The van der Waals surface area contributed by atoms with Crippen molar-refractivity contribution in [3.05, 3.63) is 35.1 Å². The highest BCUT2D eigenvalue weighted by Crippen LogP contribution is 2.21. The molecular formula is C14H18FN. The summed E-state index contributed by atoms with van der Waals surface area (Å²) in [5, 5.41) is 3.19. The summed E-state index contributed by atoms with van der Waals surface area (Å²) in [5.74, 6) is 2.47. The molecule has 0 radical (unpaired) electrons. The first-order valence-electron chi connectivity index (χ1n) is 5.55. The van der Waals surface area contributed by atoms with Gasteiger partial charge in [-0.15, -0.1) is 12.3 Å². The van der Waals surface area contributed by atoms with E-state index in [0.29, 0.717) is 5.56 Å². The van der Waals surface area contributed by atoms with Gasteiger partial charge in [0, 0.05) is 12.5 Å². The minimum absolute atomic E-state index is 0.144. The Balaban J connectivity index is 2.71. The Labute approximate surface area is 97.1 Å². The van der Waals surface area contributed by atoms with Crippen molar-refractivity contribution in [1.82, 2.24) is 5.32 Å². The van der Waals surface area contributed by atoms with Crippen LogP contribution in [0.3, 0.4) is 0 Å². The second-order valence-corrected chi connectivity index (χ2v) is 3.95. The van der Waals surface area contributed by atoms with Gasteiger partial charge in [-0.25, -0.2) is 4.39 Å². The van der Waals surface area contributed by atoms with E-state index in [1.54, 1.807) is 13.0 Å². The Kier molecular flexibility index (Phi) is 5.01. The van der Waals surface area contributed by atoms with Gasteiger partial charge in [-0.2, -0.15) is 0 Å². The Morgan fingerprint density at radius 3 is 2.81 bits per heavy atom. The van der Waals surface area contributed by atoms with Crippen LogP contribution in [0.15, 0.2) is 18.2 Å². The predicted octanol–water partition coefficient (Wildman–Crippen LogP) is 3.20. The van der Waals surface area contributed by atoms with Crippen molar-refractivity contribution in [2.75, 3.05) is 7.05 Å². The average Bonchev–Trinajstić information content (AvgIpc) is 2.29. The summed E-state index contributed by atoms with van der Waals surface area (Å²) in [6.45, 7) is 1.77. The molecule has 1 atom stereocenters. The normalized spacial score (nSPS) is 12.1. The zero-order valence-electron chi connectivity index (χ0n) is 9.89. The van der Waals surface area contributed by atoms with Gasteiger partial charge in [-0.3, -0.25) is 0 Å². The molecule has 1 nitrogen and oxygen atoms in total. The maximum Gasteiger partial charge on any atom is 0.126 e. The second-order valence-electron chi connectivity index (χ2n) is 3.95. The van der Waals surface area contributed by atoms with Crippen molar-refractivity contribution in [2.45, 2.75) is 32.2 Å². The second kappa shape index (κ2) is 6.30. The summed E-state index contributed by atoms with van der Waals surface area (Å²) in [6.07, 6.45) is 7.87. The van der Waals surface area contributed by atoms with Crippen molar-refractivity contribution in [3.63, 3.8) is 0 Å². The lowest BCUT2D eigenvalue weighted by Crippen LogP contribution is -2.16. The highest BCUT2D eigenvalue weighted by molar-refractivity contribution is 5.25. The van der Waals surface area contributed by atoms with Crippen LogP contribution in [0.4, 0.5) is 4.39 Å². The molecule has 0 aromatic heterocycles. The smallest absolute Gasteiger partial charge is 0.126 e. The van der Waals surface area contributed by atoms with E-state index < -0.39 is 0 Å². The van der Waals surface area contributed by atoms with Crippen LogP contribution in [0.2, 0.25) is 0 Å². The number of unbranched alkanes of at least 4 members (excludes halogenated alkanes) is 1. The van der Waals surface area contributed by atoms with Crippen LogP contribution in [-0.2, 0) is 0 Å². The number of halogens is 1. The van der Waals surface area contributed by atoms with Gasteiger partial charge < -0.3 is 5.32 Å². The third-order valence-electron chi connectivity index (χ3n) is 2.76. The van der Waals surface area contributed by atoms with Crippen molar-refractivity contribution >= 4 is 0 Å². The average molecular weight is 219 g/mol. The molecule has 0 aliphatic rings. The van der Waals surface area contributed by atoms with E-state index in [9.17, 15) is 4.39 Å². The fourth-order valence-electron chi connectivity index (χ4n) is 1.71. The summed E-state index contributed by atoms with van der Waals surface area (Å²) in [7, 11) is 1.89. The summed E-state index contributed by atoms with van der Waals surface area (Å²) in [5.41, 5.74) is 1.67. The Hall–Kier alpha value is -1.33. The van der Waals surface area contributed by atoms with Crippen molar-refractivity contribution in [1.29, 1.82) is 0 Å². The van der Waals surface area contributed by atoms with Crippen molar-refractivity contribution in [3.8, 4) is 12.3 Å². The van der Waals surface area contributed by atoms with Gasteiger partial charge in [-0.1, -0.05) is 12.1 Å². The van der Waals surface area contributed by atoms with Gasteiger partial charge in [0.05, 0.1) is 0 Å². The number of rotatable bonds is 5. The van der Waals surface area contributed by atoms with E-state index in [1.165, 1.54) is 0 Å². The van der Waals surface area contributed by atoms with E-state index >= 15 is 0 Å². The molecule has 0 aliphatic carbocycles. The monoisotopic (exact) mass is 219 g/mol. The fraction of sp³-hybridized carbons (Fsp3) is 0.429. The van der Waals surface area contributed by atoms with Crippen LogP contribution in [-0.4, -0.2) is 7.05 Å². The molecule has 1 aromatic carbocycles. The first kappa shape index (κ1) is 12.7. The summed E-state index contributed by atoms with van der Waals surface area (Å²) < 4.78 is 13.4. The number of nitrogens with one attached hydrogen (secondary N) is 1. The van der Waals surface area contributed by atoms with E-state index in [-0.39, 0.29) is 11.9 Å². The number of aryl methyl sites for hydroxylation is 1. The standard InChI is InChI=1S/C14H18FN/c1-4-5-6-7-14(16-3)12-9-8-11(2)13(15)10-12/h1,8-10,14,16H,5-7H2,2-3H3. The third kappa shape index (κ3) is 3.36. The third-order valence-corrected chi connectivity index (χ3v) is 2.76. The van der Waals surface area contributed by atoms with Gasteiger partial charge >= 0.3 is 0 Å². The highest BCUT2D eigenvalue weighted by atomic mass is 19.1. The van der Waals surface area contributed by atoms with Gasteiger partial charge in [-0.05, 0) is 44.0 Å². The predicted molar refractivity (Wildman–Crippen MR) is 65.6 cm³/mol. The molecule has 1 unspecified atom stereocenters.